The average Bonchev–Trinajstić information content (AvgIpc) is 3.40. The van der Waals surface area contributed by atoms with Crippen LogP contribution in [0.3, 0.4) is 0 Å². The van der Waals surface area contributed by atoms with Gasteiger partial charge in [-0.25, -0.2) is 4.79 Å². The lowest BCUT2D eigenvalue weighted by Crippen LogP contribution is -2.35. The van der Waals surface area contributed by atoms with E-state index in [2.05, 4.69) is 27.5 Å². The van der Waals surface area contributed by atoms with Gasteiger partial charge in [-0.1, -0.05) is 67.0 Å². The molecule has 158 valence electrons. The van der Waals surface area contributed by atoms with Crippen molar-refractivity contribution >= 4 is 11.7 Å². The number of carboxylic acid groups (broad SMARTS) is 1. The molecule has 8 nitrogen and oxygen atoms in total. The molecule has 1 aliphatic heterocycles. The van der Waals surface area contributed by atoms with Crippen LogP contribution in [0.2, 0.25) is 0 Å². The van der Waals surface area contributed by atoms with Crippen molar-refractivity contribution in [2.45, 2.75) is 26.7 Å². The summed E-state index contributed by atoms with van der Waals surface area (Å²) >= 11 is 0. The van der Waals surface area contributed by atoms with Crippen molar-refractivity contribution in [3.63, 3.8) is 0 Å². The average molecular weight is 417 g/mol. The van der Waals surface area contributed by atoms with Crippen molar-refractivity contribution in [3.05, 3.63) is 65.4 Å². The third-order valence-electron chi connectivity index (χ3n) is 5.79. The number of nitrogens with zero attached hydrogens (tertiary/aromatic N) is 5. The minimum Gasteiger partial charge on any atom is -0.477 e. The van der Waals surface area contributed by atoms with Crippen molar-refractivity contribution in [2.24, 2.45) is 5.10 Å². The molecule has 0 aliphatic carbocycles. The molecule has 0 fully saturated rings. The first-order valence-electron chi connectivity index (χ1n) is 10.3. The van der Waals surface area contributed by atoms with E-state index in [1.54, 1.807) is 0 Å². The summed E-state index contributed by atoms with van der Waals surface area (Å²) in [5.41, 5.74) is 5.19. The Hall–Kier alpha value is -3.65. The molecule has 2 heterocycles. The van der Waals surface area contributed by atoms with E-state index in [1.165, 1.54) is 0 Å². The van der Waals surface area contributed by atoms with Crippen LogP contribution < -0.4 is 0 Å². The van der Waals surface area contributed by atoms with Gasteiger partial charge in [-0.2, -0.15) is 9.81 Å². The standard InChI is InChI=1S/C23H24N6O2/c1-4-5-14-29(3)15(2)20(23(30)31)21(26-29)17-12-10-16(11-13-17)18-8-6-7-9-19(18)22-24-27-28-25-22/h6-13H,4-5,14H2,1-3H3,(H-,24,25,26,27,28,30,31)/p+1. The fourth-order valence-electron chi connectivity index (χ4n) is 3.91. The number of rotatable bonds is 7. The minimum absolute atomic E-state index is 0.285. The first-order valence-corrected chi connectivity index (χ1v) is 10.3. The Bertz CT molecular complexity index is 1170. The third kappa shape index (κ3) is 3.77. The zero-order valence-corrected chi connectivity index (χ0v) is 17.8. The number of aromatic amines is 1. The minimum atomic E-state index is -0.943. The van der Waals surface area contributed by atoms with Gasteiger partial charge in [0.15, 0.2) is 0 Å². The largest absolute Gasteiger partial charge is 0.477 e. The summed E-state index contributed by atoms with van der Waals surface area (Å²) in [6, 6.07) is 15.6. The molecule has 0 radical (unpaired) electrons. The maximum Gasteiger partial charge on any atom is 0.343 e. The number of carbonyl (C=O) groups is 1. The zero-order chi connectivity index (χ0) is 22.0. The second-order valence-electron chi connectivity index (χ2n) is 7.79. The van der Waals surface area contributed by atoms with Crippen LogP contribution in [0.15, 0.2) is 64.9 Å². The normalized spacial score (nSPS) is 18.4. The van der Waals surface area contributed by atoms with E-state index in [0.29, 0.717) is 17.1 Å². The van der Waals surface area contributed by atoms with Crippen molar-refractivity contribution < 1.29 is 14.5 Å². The summed E-state index contributed by atoms with van der Waals surface area (Å²) in [5.74, 6) is -0.420. The van der Waals surface area contributed by atoms with Gasteiger partial charge in [-0.3, -0.25) is 0 Å². The maximum absolute atomic E-state index is 12.1. The Labute approximate surface area is 180 Å². The van der Waals surface area contributed by atoms with Gasteiger partial charge in [0.05, 0.1) is 7.05 Å². The number of aliphatic carboxylic acids is 1. The van der Waals surface area contributed by atoms with Crippen LogP contribution in [0.25, 0.3) is 22.5 Å². The molecule has 1 atom stereocenters. The number of hydrogen-bond donors (Lipinski definition) is 2. The first kappa shape index (κ1) is 20.6. The Kier molecular flexibility index (Phi) is 5.48. The van der Waals surface area contributed by atoms with Crippen LogP contribution in [0.1, 0.15) is 32.3 Å². The maximum atomic E-state index is 12.1. The highest BCUT2D eigenvalue weighted by atomic mass is 16.4. The molecule has 1 aromatic heterocycles. The molecule has 3 aromatic rings. The van der Waals surface area contributed by atoms with Gasteiger partial charge in [-0.15, -0.1) is 10.2 Å². The fourth-order valence-corrected chi connectivity index (χ4v) is 3.91. The van der Waals surface area contributed by atoms with Gasteiger partial charge >= 0.3 is 5.97 Å². The molecular formula is C23H25N6O2+. The summed E-state index contributed by atoms with van der Waals surface area (Å²) in [7, 11) is 1.97. The van der Waals surface area contributed by atoms with E-state index >= 15 is 0 Å². The van der Waals surface area contributed by atoms with Crippen molar-refractivity contribution in [1.82, 2.24) is 20.6 Å². The number of H-pyrrole nitrogens is 1. The Morgan fingerprint density at radius 3 is 2.35 bits per heavy atom. The van der Waals surface area contributed by atoms with Gasteiger partial charge in [0.2, 0.25) is 5.82 Å². The number of tetrazole rings is 1. The Morgan fingerprint density at radius 2 is 1.74 bits per heavy atom. The second-order valence-corrected chi connectivity index (χ2v) is 7.79. The Balaban J connectivity index is 1.72. The molecule has 0 bridgehead atoms. The van der Waals surface area contributed by atoms with Crippen LogP contribution in [0.5, 0.6) is 0 Å². The molecule has 31 heavy (non-hydrogen) atoms. The molecule has 0 spiro atoms. The predicted molar refractivity (Wildman–Crippen MR) is 118 cm³/mol. The lowest BCUT2D eigenvalue weighted by atomic mass is 9.95. The molecule has 2 aromatic carbocycles. The number of allylic oxidation sites excluding steroid dienone is 1. The van der Waals surface area contributed by atoms with E-state index in [-0.39, 0.29) is 4.59 Å². The van der Waals surface area contributed by atoms with Crippen LogP contribution in [-0.4, -0.2) is 55.6 Å². The van der Waals surface area contributed by atoms with Gasteiger partial charge in [0.25, 0.3) is 0 Å². The lowest BCUT2D eigenvalue weighted by Gasteiger charge is -2.24. The van der Waals surface area contributed by atoms with Crippen LogP contribution >= 0.6 is 0 Å². The number of unbranched alkanes of at least 4 members (excludes halogenated alkanes) is 1. The van der Waals surface area contributed by atoms with Gasteiger partial charge in [-0.05, 0) is 22.8 Å². The molecule has 1 aliphatic rings. The van der Waals surface area contributed by atoms with Gasteiger partial charge < -0.3 is 5.11 Å². The van der Waals surface area contributed by atoms with Crippen molar-refractivity contribution in [2.75, 3.05) is 13.6 Å². The van der Waals surface area contributed by atoms with Crippen molar-refractivity contribution in [1.29, 1.82) is 0 Å². The predicted octanol–water partition coefficient (Wildman–Crippen LogP) is 3.86. The van der Waals surface area contributed by atoms with Crippen molar-refractivity contribution in [3.8, 4) is 22.5 Å². The SMILES string of the molecule is CCCC[N+]1(C)N=C(c2ccc(-c3ccccc3-c3nn[nH]n3)cc2)C(C(=O)O)=C1C. The first-order chi connectivity index (χ1) is 14.9. The number of quaternary nitrogens is 1. The highest BCUT2D eigenvalue weighted by Crippen LogP contribution is 2.33. The summed E-state index contributed by atoms with van der Waals surface area (Å²) < 4.78 is 0.285. The molecule has 0 amide bonds. The highest BCUT2D eigenvalue weighted by molar-refractivity contribution is 6.27. The number of hydrogen-bond acceptors (Lipinski definition) is 5. The molecule has 1 unspecified atom stereocenters. The summed E-state index contributed by atoms with van der Waals surface area (Å²) in [6.07, 6.45) is 2.01. The smallest absolute Gasteiger partial charge is 0.343 e. The van der Waals surface area contributed by atoms with Crippen LogP contribution in [0.4, 0.5) is 0 Å². The monoisotopic (exact) mass is 417 g/mol. The topological polar surface area (TPSA) is 104 Å². The van der Waals surface area contributed by atoms with E-state index in [9.17, 15) is 9.90 Å². The summed E-state index contributed by atoms with van der Waals surface area (Å²) in [4.78, 5) is 12.1. The highest BCUT2D eigenvalue weighted by Gasteiger charge is 2.40. The molecule has 8 heteroatoms. The summed E-state index contributed by atoms with van der Waals surface area (Å²) in [5, 5.41) is 29.0. The van der Waals surface area contributed by atoms with E-state index < -0.39 is 5.97 Å². The lowest BCUT2D eigenvalue weighted by molar-refractivity contribution is -0.877. The van der Waals surface area contributed by atoms with Gasteiger partial charge in [0.1, 0.15) is 23.5 Å². The number of aromatic nitrogens is 4. The fraction of sp³-hybridized carbons (Fsp3) is 0.261. The van der Waals surface area contributed by atoms with Crippen LogP contribution in [0, 0.1) is 0 Å². The molecule has 0 saturated heterocycles. The number of carboxylic acids is 1. The number of benzene rings is 2. The molecular weight excluding hydrogens is 392 g/mol. The third-order valence-corrected chi connectivity index (χ3v) is 5.79. The summed E-state index contributed by atoms with van der Waals surface area (Å²) in [6.45, 7) is 4.76. The molecule has 0 saturated carbocycles. The van der Waals surface area contributed by atoms with E-state index in [0.717, 1.165) is 47.3 Å². The molecule has 2 N–H and O–H groups in total. The number of nitrogens with one attached hydrogen (secondary N) is 1. The second kappa shape index (κ2) is 8.23. The van der Waals surface area contributed by atoms with E-state index in [1.807, 2.05) is 62.5 Å². The zero-order valence-electron chi connectivity index (χ0n) is 17.8. The Morgan fingerprint density at radius 1 is 1.06 bits per heavy atom. The van der Waals surface area contributed by atoms with Gasteiger partial charge in [0, 0.05) is 18.1 Å². The van der Waals surface area contributed by atoms with E-state index in [4.69, 9.17) is 5.10 Å². The van der Waals surface area contributed by atoms with Crippen LogP contribution in [-0.2, 0) is 4.79 Å². The quantitative estimate of drug-likeness (QED) is 0.568. The molecule has 4 rings (SSSR count).